The molecular weight excluding hydrogens is 177 g/mol. The van der Waals surface area contributed by atoms with Crippen LogP contribution in [-0.2, 0) is 0 Å². The van der Waals surface area contributed by atoms with Crippen molar-refractivity contribution >= 4 is 11.6 Å². The Morgan fingerprint density at radius 2 is 2.25 bits per heavy atom. The summed E-state index contributed by atoms with van der Waals surface area (Å²) in [6, 6.07) is 7.15. The fraction of sp³-hybridized carbons (Fsp3) is 0.333. The standard InChI is InChI=1S/C9H11ClFN/c10-9-3-1-2-7(4-9)8(5-11)6-12/h1-4,8H,5-6,12H2. The van der Waals surface area contributed by atoms with E-state index in [1.807, 2.05) is 6.07 Å². The van der Waals surface area contributed by atoms with E-state index in [1.165, 1.54) is 0 Å². The summed E-state index contributed by atoms with van der Waals surface area (Å²) in [5.41, 5.74) is 6.25. The van der Waals surface area contributed by atoms with Gasteiger partial charge >= 0.3 is 0 Å². The number of hydrogen-bond donors (Lipinski definition) is 1. The number of hydrogen-bond acceptors (Lipinski definition) is 1. The first kappa shape index (κ1) is 9.49. The third kappa shape index (κ3) is 2.19. The van der Waals surface area contributed by atoms with E-state index in [2.05, 4.69) is 0 Å². The molecule has 1 aromatic carbocycles. The second kappa shape index (κ2) is 4.43. The van der Waals surface area contributed by atoms with Crippen molar-refractivity contribution < 1.29 is 4.39 Å². The molecule has 0 saturated heterocycles. The Labute approximate surface area is 76.3 Å². The van der Waals surface area contributed by atoms with Gasteiger partial charge in [-0.15, -0.1) is 0 Å². The van der Waals surface area contributed by atoms with Crippen molar-refractivity contribution in [1.29, 1.82) is 0 Å². The van der Waals surface area contributed by atoms with Gasteiger partial charge in [0.25, 0.3) is 0 Å². The molecule has 2 N–H and O–H groups in total. The van der Waals surface area contributed by atoms with Crippen molar-refractivity contribution in [2.75, 3.05) is 13.2 Å². The summed E-state index contributed by atoms with van der Waals surface area (Å²) in [5, 5.41) is 0.624. The molecule has 1 nitrogen and oxygen atoms in total. The molecule has 3 heteroatoms. The van der Waals surface area contributed by atoms with E-state index in [-0.39, 0.29) is 5.92 Å². The summed E-state index contributed by atoms with van der Waals surface area (Å²) < 4.78 is 12.4. The van der Waals surface area contributed by atoms with E-state index in [0.29, 0.717) is 11.6 Å². The van der Waals surface area contributed by atoms with Gasteiger partial charge in [-0.3, -0.25) is 4.39 Å². The molecule has 0 heterocycles. The summed E-state index contributed by atoms with van der Waals surface area (Å²) in [7, 11) is 0. The highest BCUT2D eigenvalue weighted by Gasteiger charge is 2.08. The minimum absolute atomic E-state index is 0.219. The maximum absolute atomic E-state index is 12.4. The van der Waals surface area contributed by atoms with E-state index >= 15 is 0 Å². The van der Waals surface area contributed by atoms with Gasteiger partial charge in [0, 0.05) is 17.5 Å². The molecule has 0 bridgehead atoms. The maximum atomic E-state index is 12.4. The lowest BCUT2D eigenvalue weighted by Crippen LogP contribution is -2.13. The average Bonchev–Trinajstić information content (AvgIpc) is 2.07. The van der Waals surface area contributed by atoms with Gasteiger partial charge in [-0.25, -0.2) is 0 Å². The Morgan fingerprint density at radius 1 is 1.50 bits per heavy atom. The quantitative estimate of drug-likeness (QED) is 0.773. The molecule has 1 atom stereocenters. The molecule has 0 aliphatic heterocycles. The van der Waals surface area contributed by atoms with Gasteiger partial charge in [0.1, 0.15) is 0 Å². The van der Waals surface area contributed by atoms with Gasteiger partial charge in [0.05, 0.1) is 6.67 Å². The van der Waals surface area contributed by atoms with Crippen LogP contribution in [0.5, 0.6) is 0 Å². The third-order valence-electron chi connectivity index (χ3n) is 1.79. The number of halogens is 2. The minimum atomic E-state index is -0.434. The second-order valence-electron chi connectivity index (χ2n) is 2.64. The minimum Gasteiger partial charge on any atom is -0.330 e. The van der Waals surface area contributed by atoms with Gasteiger partial charge in [-0.2, -0.15) is 0 Å². The molecular formula is C9H11ClFN. The van der Waals surface area contributed by atoms with Gasteiger partial charge in [-0.05, 0) is 17.7 Å². The molecule has 0 aliphatic rings. The first-order valence-electron chi connectivity index (χ1n) is 3.79. The zero-order valence-corrected chi connectivity index (χ0v) is 7.39. The maximum Gasteiger partial charge on any atom is 0.0975 e. The van der Waals surface area contributed by atoms with E-state index in [1.54, 1.807) is 18.2 Å². The van der Waals surface area contributed by atoms with Crippen LogP contribution >= 0.6 is 11.6 Å². The number of nitrogens with two attached hydrogens (primary N) is 1. The predicted molar refractivity (Wildman–Crippen MR) is 49.2 cm³/mol. The van der Waals surface area contributed by atoms with Crippen molar-refractivity contribution in [2.45, 2.75) is 5.92 Å². The average molecular weight is 188 g/mol. The highest BCUT2D eigenvalue weighted by atomic mass is 35.5. The SMILES string of the molecule is NCC(CF)c1cccc(Cl)c1. The molecule has 0 spiro atoms. The molecule has 66 valence electrons. The Hall–Kier alpha value is -0.600. The highest BCUT2D eigenvalue weighted by Crippen LogP contribution is 2.18. The van der Waals surface area contributed by atoms with Crippen LogP contribution in [0.25, 0.3) is 0 Å². The molecule has 0 aromatic heterocycles. The highest BCUT2D eigenvalue weighted by molar-refractivity contribution is 6.30. The lowest BCUT2D eigenvalue weighted by molar-refractivity contribution is 0.434. The smallest absolute Gasteiger partial charge is 0.0975 e. The summed E-state index contributed by atoms with van der Waals surface area (Å²) in [5.74, 6) is -0.219. The zero-order chi connectivity index (χ0) is 8.97. The predicted octanol–water partition coefficient (Wildman–Crippen LogP) is 2.35. The lowest BCUT2D eigenvalue weighted by Gasteiger charge is -2.10. The van der Waals surface area contributed by atoms with E-state index < -0.39 is 6.67 Å². The Bertz CT molecular complexity index is 248. The third-order valence-corrected chi connectivity index (χ3v) is 2.03. The van der Waals surface area contributed by atoms with Crippen molar-refractivity contribution in [2.24, 2.45) is 5.73 Å². The fourth-order valence-corrected chi connectivity index (χ4v) is 1.25. The van der Waals surface area contributed by atoms with Crippen LogP contribution in [-0.4, -0.2) is 13.2 Å². The number of rotatable bonds is 3. The molecule has 0 fully saturated rings. The molecule has 12 heavy (non-hydrogen) atoms. The van der Waals surface area contributed by atoms with Gasteiger partial charge < -0.3 is 5.73 Å². The van der Waals surface area contributed by atoms with Crippen molar-refractivity contribution in [3.05, 3.63) is 34.9 Å². The summed E-state index contributed by atoms with van der Waals surface area (Å²) >= 11 is 5.74. The van der Waals surface area contributed by atoms with Crippen LogP contribution < -0.4 is 5.73 Å². The van der Waals surface area contributed by atoms with Crippen LogP contribution in [0.1, 0.15) is 11.5 Å². The molecule has 1 unspecified atom stereocenters. The van der Waals surface area contributed by atoms with Crippen LogP contribution in [0.3, 0.4) is 0 Å². The molecule has 0 aliphatic carbocycles. The first-order valence-corrected chi connectivity index (χ1v) is 4.17. The van der Waals surface area contributed by atoms with Crippen molar-refractivity contribution in [3.63, 3.8) is 0 Å². The van der Waals surface area contributed by atoms with E-state index in [0.717, 1.165) is 5.56 Å². The van der Waals surface area contributed by atoms with Crippen molar-refractivity contribution in [1.82, 2.24) is 0 Å². The van der Waals surface area contributed by atoms with Crippen LogP contribution in [0, 0.1) is 0 Å². The Morgan fingerprint density at radius 3 is 2.75 bits per heavy atom. The monoisotopic (exact) mass is 187 g/mol. The molecule has 1 rings (SSSR count). The molecule has 0 radical (unpaired) electrons. The van der Waals surface area contributed by atoms with Crippen LogP contribution in [0.2, 0.25) is 5.02 Å². The largest absolute Gasteiger partial charge is 0.330 e. The molecule has 0 amide bonds. The number of benzene rings is 1. The van der Waals surface area contributed by atoms with E-state index in [4.69, 9.17) is 17.3 Å². The topological polar surface area (TPSA) is 26.0 Å². The van der Waals surface area contributed by atoms with Crippen LogP contribution in [0.15, 0.2) is 24.3 Å². The molecule has 1 aromatic rings. The Kier molecular flexibility index (Phi) is 3.50. The molecule has 0 saturated carbocycles. The summed E-state index contributed by atoms with van der Waals surface area (Å²) in [6.45, 7) is -0.117. The number of alkyl halides is 1. The second-order valence-corrected chi connectivity index (χ2v) is 3.08. The van der Waals surface area contributed by atoms with E-state index in [9.17, 15) is 4.39 Å². The zero-order valence-electron chi connectivity index (χ0n) is 6.63. The fourth-order valence-electron chi connectivity index (χ4n) is 1.05. The van der Waals surface area contributed by atoms with Gasteiger partial charge in [-0.1, -0.05) is 23.7 Å². The Balaban J connectivity index is 2.85. The summed E-state index contributed by atoms with van der Waals surface area (Å²) in [4.78, 5) is 0. The normalized spacial score (nSPS) is 12.9. The van der Waals surface area contributed by atoms with Crippen LogP contribution in [0.4, 0.5) is 4.39 Å². The van der Waals surface area contributed by atoms with Gasteiger partial charge in [0.2, 0.25) is 0 Å². The van der Waals surface area contributed by atoms with Crippen molar-refractivity contribution in [3.8, 4) is 0 Å². The van der Waals surface area contributed by atoms with Gasteiger partial charge in [0.15, 0.2) is 0 Å². The lowest BCUT2D eigenvalue weighted by atomic mass is 10.0. The first-order chi connectivity index (χ1) is 5.77. The summed E-state index contributed by atoms with van der Waals surface area (Å²) in [6.07, 6.45) is 0.